The van der Waals surface area contributed by atoms with Gasteiger partial charge in [-0.15, -0.1) is 0 Å². The topological polar surface area (TPSA) is 112 Å². The normalized spacial score (nSPS) is 16.1. The van der Waals surface area contributed by atoms with Gasteiger partial charge in [-0.1, -0.05) is 0 Å². The highest BCUT2D eigenvalue weighted by molar-refractivity contribution is 5.66. The molecule has 3 aromatic rings. The number of benzene rings is 1. The van der Waals surface area contributed by atoms with Gasteiger partial charge in [-0.05, 0) is 24.6 Å². The second kappa shape index (κ2) is 7.76. The lowest BCUT2D eigenvalue weighted by atomic mass is 10.1. The first-order valence-electron chi connectivity index (χ1n) is 9.03. The van der Waals surface area contributed by atoms with Crippen molar-refractivity contribution in [1.29, 1.82) is 5.26 Å². The fraction of sp³-hybridized carbons (Fsp3) is 0.300. The number of nitriles is 1. The largest absolute Gasteiger partial charge is 0.438 e. The zero-order valence-corrected chi connectivity index (χ0v) is 15.5. The maximum absolute atomic E-state index is 9.28. The highest BCUT2D eigenvalue weighted by Crippen LogP contribution is 2.34. The second-order valence-electron chi connectivity index (χ2n) is 6.64. The monoisotopic (exact) mass is 376 g/mol. The van der Waals surface area contributed by atoms with Crippen LogP contribution < -0.4 is 10.5 Å². The Morgan fingerprint density at radius 1 is 1.32 bits per heavy atom. The van der Waals surface area contributed by atoms with E-state index in [-0.39, 0.29) is 5.92 Å². The highest BCUT2D eigenvalue weighted by atomic mass is 16.5. The molecular weight excluding hydrogens is 356 g/mol. The predicted octanol–water partition coefficient (Wildman–Crippen LogP) is 2.50. The summed E-state index contributed by atoms with van der Waals surface area (Å²) in [6, 6.07) is 9.24. The molecule has 0 bridgehead atoms. The lowest BCUT2D eigenvalue weighted by Crippen LogP contribution is -2.01. The van der Waals surface area contributed by atoms with E-state index >= 15 is 0 Å². The van der Waals surface area contributed by atoms with Crippen molar-refractivity contribution in [2.45, 2.75) is 18.9 Å². The average molecular weight is 376 g/mol. The molecule has 28 heavy (non-hydrogen) atoms. The minimum Gasteiger partial charge on any atom is -0.438 e. The van der Waals surface area contributed by atoms with Gasteiger partial charge in [-0.25, -0.2) is 14.6 Å². The third-order valence-corrected chi connectivity index (χ3v) is 4.71. The number of hydrogen-bond donors (Lipinski definition) is 1. The van der Waals surface area contributed by atoms with Gasteiger partial charge in [0, 0.05) is 50.1 Å². The number of aromatic nitrogens is 4. The first-order chi connectivity index (χ1) is 13.7. The number of hydrogen-bond acceptors (Lipinski definition) is 7. The predicted molar refractivity (Wildman–Crippen MR) is 102 cm³/mol. The Morgan fingerprint density at radius 2 is 2.14 bits per heavy atom. The SMILES string of the molecule is Cn1nc([C@@H]2CCOC2)cc1Oc1cc(C#N)ccc1-c1ncc(CN)cn1. The van der Waals surface area contributed by atoms with Gasteiger partial charge in [0.2, 0.25) is 5.88 Å². The van der Waals surface area contributed by atoms with E-state index in [9.17, 15) is 5.26 Å². The van der Waals surface area contributed by atoms with Crippen LogP contribution >= 0.6 is 0 Å². The van der Waals surface area contributed by atoms with Crippen LogP contribution in [0.4, 0.5) is 0 Å². The molecule has 0 amide bonds. The Morgan fingerprint density at radius 3 is 2.82 bits per heavy atom. The summed E-state index contributed by atoms with van der Waals surface area (Å²) in [7, 11) is 1.83. The minimum absolute atomic E-state index is 0.278. The van der Waals surface area contributed by atoms with Crippen molar-refractivity contribution in [3.05, 3.63) is 53.5 Å². The molecule has 0 aliphatic carbocycles. The molecular formula is C20H20N6O2. The molecule has 1 fully saturated rings. The summed E-state index contributed by atoms with van der Waals surface area (Å²) in [5, 5.41) is 13.8. The lowest BCUT2D eigenvalue weighted by Gasteiger charge is -2.11. The van der Waals surface area contributed by atoms with Gasteiger partial charge in [0.25, 0.3) is 0 Å². The Bertz CT molecular complexity index is 1020. The summed E-state index contributed by atoms with van der Waals surface area (Å²) < 4.78 is 13.3. The molecule has 0 spiro atoms. The highest BCUT2D eigenvalue weighted by Gasteiger charge is 2.22. The van der Waals surface area contributed by atoms with Gasteiger partial charge in [0.15, 0.2) is 5.82 Å². The molecule has 8 heteroatoms. The van der Waals surface area contributed by atoms with Crippen LogP contribution in [-0.2, 0) is 18.3 Å². The summed E-state index contributed by atoms with van der Waals surface area (Å²) in [4.78, 5) is 8.75. The molecule has 0 unspecified atom stereocenters. The quantitative estimate of drug-likeness (QED) is 0.728. The maximum atomic E-state index is 9.28. The van der Waals surface area contributed by atoms with Gasteiger partial charge < -0.3 is 15.2 Å². The van der Waals surface area contributed by atoms with Gasteiger partial charge >= 0.3 is 0 Å². The van der Waals surface area contributed by atoms with Gasteiger partial charge in [0.1, 0.15) is 5.75 Å². The van der Waals surface area contributed by atoms with Crippen molar-refractivity contribution >= 4 is 0 Å². The molecule has 2 N–H and O–H groups in total. The van der Waals surface area contributed by atoms with Crippen LogP contribution in [0.5, 0.6) is 11.6 Å². The number of nitrogens with zero attached hydrogens (tertiary/aromatic N) is 5. The van der Waals surface area contributed by atoms with E-state index in [2.05, 4.69) is 21.1 Å². The Kier molecular flexibility index (Phi) is 5.02. The van der Waals surface area contributed by atoms with Gasteiger partial charge in [0.05, 0.1) is 29.5 Å². The van der Waals surface area contributed by atoms with Crippen LogP contribution in [0.2, 0.25) is 0 Å². The summed E-state index contributed by atoms with van der Waals surface area (Å²) in [5.41, 5.74) is 8.58. The standard InChI is InChI=1S/C20H20N6O2/c1-26-19(7-17(25-26)15-4-5-27-12-15)28-18-6-13(8-21)2-3-16(18)20-23-10-14(9-22)11-24-20/h2-3,6-7,10-11,15H,4-5,9,12,22H2,1H3/t15-/m1/s1. The zero-order valence-electron chi connectivity index (χ0n) is 15.5. The number of nitrogens with two attached hydrogens (primary N) is 1. The van der Waals surface area contributed by atoms with Crippen molar-refractivity contribution in [2.24, 2.45) is 12.8 Å². The molecule has 1 aromatic carbocycles. The molecule has 8 nitrogen and oxygen atoms in total. The molecule has 3 heterocycles. The summed E-state index contributed by atoms with van der Waals surface area (Å²) in [6.07, 6.45) is 4.33. The van der Waals surface area contributed by atoms with Crippen molar-refractivity contribution < 1.29 is 9.47 Å². The molecule has 1 aliphatic rings. The fourth-order valence-corrected chi connectivity index (χ4v) is 3.11. The van der Waals surface area contributed by atoms with Crippen LogP contribution in [0.15, 0.2) is 36.7 Å². The zero-order chi connectivity index (χ0) is 19.5. The molecule has 4 rings (SSSR count). The van der Waals surface area contributed by atoms with Crippen molar-refractivity contribution in [1.82, 2.24) is 19.7 Å². The van der Waals surface area contributed by atoms with E-state index in [4.69, 9.17) is 15.2 Å². The van der Waals surface area contributed by atoms with E-state index in [1.807, 2.05) is 13.1 Å². The minimum atomic E-state index is 0.278. The van der Waals surface area contributed by atoms with E-state index < -0.39 is 0 Å². The van der Waals surface area contributed by atoms with Crippen molar-refractivity contribution in [2.75, 3.05) is 13.2 Å². The first kappa shape index (κ1) is 18.1. The van der Waals surface area contributed by atoms with Crippen LogP contribution in [0.1, 0.15) is 29.2 Å². The van der Waals surface area contributed by atoms with E-state index in [0.29, 0.717) is 41.7 Å². The molecule has 0 saturated carbocycles. The Balaban J connectivity index is 1.69. The van der Waals surface area contributed by atoms with Gasteiger partial charge in [-0.2, -0.15) is 10.4 Å². The third kappa shape index (κ3) is 3.58. The van der Waals surface area contributed by atoms with E-state index in [0.717, 1.165) is 24.3 Å². The Labute approximate surface area is 162 Å². The number of ether oxygens (including phenoxy) is 2. The fourth-order valence-electron chi connectivity index (χ4n) is 3.11. The molecule has 142 valence electrons. The summed E-state index contributed by atoms with van der Waals surface area (Å²) in [5.74, 6) is 1.86. The first-order valence-corrected chi connectivity index (χ1v) is 9.03. The van der Waals surface area contributed by atoms with Crippen molar-refractivity contribution in [3.8, 4) is 29.1 Å². The molecule has 2 aromatic heterocycles. The number of aryl methyl sites for hydroxylation is 1. The summed E-state index contributed by atoms with van der Waals surface area (Å²) in [6.45, 7) is 1.80. The smallest absolute Gasteiger partial charge is 0.217 e. The molecule has 0 radical (unpaired) electrons. The van der Waals surface area contributed by atoms with Gasteiger partial charge in [-0.3, -0.25) is 0 Å². The van der Waals surface area contributed by atoms with Crippen LogP contribution in [0, 0.1) is 11.3 Å². The number of rotatable bonds is 5. The summed E-state index contributed by atoms with van der Waals surface area (Å²) >= 11 is 0. The Hall–Kier alpha value is -3.28. The average Bonchev–Trinajstić information content (AvgIpc) is 3.38. The van der Waals surface area contributed by atoms with E-state index in [1.165, 1.54) is 0 Å². The lowest BCUT2D eigenvalue weighted by molar-refractivity contribution is 0.193. The molecule has 1 atom stereocenters. The molecule has 1 aliphatic heterocycles. The van der Waals surface area contributed by atoms with Crippen LogP contribution in [0.25, 0.3) is 11.4 Å². The third-order valence-electron chi connectivity index (χ3n) is 4.71. The molecule has 1 saturated heterocycles. The maximum Gasteiger partial charge on any atom is 0.217 e. The van der Waals surface area contributed by atoms with E-state index in [1.54, 1.807) is 35.3 Å². The van der Waals surface area contributed by atoms with Crippen LogP contribution in [-0.4, -0.2) is 33.0 Å². The second-order valence-corrected chi connectivity index (χ2v) is 6.64. The van der Waals surface area contributed by atoms with Crippen LogP contribution in [0.3, 0.4) is 0 Å². The van der Waals surface area contributed by atoms with Crippen molar-refractivity contribution in [3.63, 3.8) is 0 Å².